The lowest BCUT2D eigenvalue weighted by atomic mass is 10.0. The number of aryl methyl sites for hydroxylation is 1. The van der Waals surface area contributed by atoms with Gasteiger partial charge in [0, 0.05) is 35.3 Å². The average Bonchev–Trinajstić information content (AvgIpc) is 3.48. The first kappa shape index (κ1) is 21.7. The van der Waals surface area contributed by atoms with Crippen LogP contribution in [0.25, 0.3) is 33.7 Å². The number of nitrogens with one attached hydrogen (secondary N) is 1. The highest BCUT2D eigenvalue weighted by Crippen LogP contribution is 2.39. The third-order valence-electron chi connectivity index (χ3n) is 6.70. The number of benzene rings is 1. The Labute approximate surface area is 202 Å². The smallest absolute Gasteiger partial charge is 0.337 e. The molecule has 0 spiro atoms. The standard InChI is InChI=1S/C25H27N7O3/c1-14-13-35-9-8-31(14)22-12-21(23-15(2)29-30-32(23)17-4-5-17)27-24(28-22)19-10-16(25(33)34-3)11-20-18(19)6-7-26-20/h6-7,10-12,14,17,26H,4-5,8-9,13H2,1-3H3/t14-/m1/s1. The van der Waals surface area contributed by atoms with Crippen LogP contribution in [0.2, 0.25) is 0 Å². The highest BCUT2D eigenvalue weighted by molar-refractivity contribution is 6.01. The van der Waals surface area contributed by atoms with E-state index >= 15 is 0 Å². The number of carbonyl (C=O) groups is 1. The van der Waals surface area contributed by atoms with Gasteiger partial charge in [-0.3, -0.25) is 0 Å². The van der Waals surface area contributed by atoms with E-state index in [1.54, 1.807) is 12.1 Å². The van der Waals surface area contributed by atoms with Gasteiger partial charge in [0.2, 0.25) is 0 Å². The van der Waals surface area contributed by atoms with Crippen LogP contribution in [-0.4, -0.2) is 68.8 Å². The van der Waals surface area contributed by atoms with Crippen LogP contribution in [0.3, 0.4) is 0 Å². The Morgan fingerprint density at radius 3 is 2.86 bits per heavy atom. The van der Waals surface area contributed by atoms with E-state index in [9.17, 15) is 4.79 Å². The fourth-order valence-electron chi connectivity index (χ4n) is 4.73. The maximum Gasteiger partial charge on any atom is 0.337 e. The molecule has 6 rings (SSSR count). The van der Waals surface area contributed by atoms with Gasteiger partial charge in [0.15, 0.2) is 5.82 Å². The number of hydrogen-bond acceptors (Lipinski definition) is 8. The average molecular weight is 474 g/mol. The van der Waals surface area contributed by atoms with Crippen molar-refractivity contribution in [2.45, 2.75) is 38.8 Å². The molecule has 35 heavy (non-hydrogen) atoms. The molecule has 1 saturated carbocycles. The molecule has 0 bridgehead atoms. The van der Waals surface area contributed by atoms with Crippen LogP contribution < -0.4 is 4.90 Å². The summed E-state index contributed by atoms with van der Waals surface area (Å²) in [4.78, 5) is 27.9. The van der Waals surface area contributed by atoms with Crippen molar-refractivity contribution in [3.05, 3.63) is 41.7 Å². The van der Waals surface area contributed by atoms with Gasteiger partial charge in [-0.15, -0.1) is 5.10 Å². The zero-order valence-electron chi connectivity index (χ0n) is 20.0. The minimum atomic E-state index is -0.409. The largest absolute Gasteiger partial charge is 0.465 e. The second-order valence-corrected chi connectivity index (χ2v) is 9.21. The molecule has 2 aliphatic rings. The van der Waals surface area contributed by atoms with E-state index in [0.29, 0.717) is 30.6 Å². The van der Waals surface area contributed by atoms with Gasteiger partial charge in [0.25, 0.3) is 0 Å². The molecule has 3 aromatic heterocycles. The van der Waals surface area contributed by atoms with E-state index in [0.717, 1.165) is 58.8 Å². The number of nitrogens with zero attached hydrogens (tertiary/aromatic N) is 6. The number of methoxy groups -OCH3 is 1. The topological polar surface area (TPSA) is 111 Å². The third kappa shape index (κ3) is 3.83. The molecule has 1 saturated heterocycles. The van der Waals surface area contributed by atoms with Crippen LogP contribution in [0.15, 0.2) is 30.5 Å². The van der Waals surface area contributed by atoms with Crippen molar-refractivity contribution in [1.29, 1.82) is 0 Å². The zero-order valence-corrected chi connectivity index (χ0v) is 20.0. The highest BCUT2D eigenvalue weighted by atomic mass is 16.5. The summed E-state index contributed by atoms with van der Waals surface area (Å²) in [5.74, 6) is 0.943. The normalized spacial score (nSPS) is 18.3. The third-order valence-corrected chi connectivity index (χ3v) is 6.70. The lowest BCUT2D eigenvalue weighted by Gasteiger charge is -2.34. The van der Waals surface area contributed by atoms with Crippen LogP contribution in [0.4, 0.5) is 5.82 Å². The van der Waals surface area contributed by atoms with Crippen molar-refractivity contribution >= 4 is 22.7 Å². The number of fused-ring (bicyclic) bond motifs is 1. The highest BCUT2D eigenvalue weighted by Gasteiger charge is 2.30. The molecule has 1 atom stereocenters. The molecule has 4 aromatic rings. The Bertz CT molecular complexity index is 1420. The monoisotopic (exact) mass is 473 g/mol. The van der Waals surface area contributed by atoms with E-state index in [1.165, 1.54) is 7.11 Å². The predicted octanol–water partition coefficient (Wildman–Crippen LogP) is 3.54. The number of aromatic amines is 1. The SMILES string of the molecule is COC(=O)c1cc(-c2nc(-c3c(C)nnn3C3CC3)cc(N3CCOC[C@H]3C)n2)c2cc[nH]c2c1. The van der Waals surface area contributed by atoms with Gasteiger partial charge in [-0.05, 0) is 44.9 Å². The van der Waals surface area contributed by atoms with E-state index in [4.69, 9.17) is 19.4 Å². The van der Waals surface area contributed by atoms with Crippen LogP contribution in [0.5, 0.6) is 0 Å². The number of esters is 1. The second kappa shape index (κ2) is 8.46. The lowest BCUT2D eigenvalue weighted by molar-refractivity contribution is 0.0601. The summed E-state index contributed by atoms with van der Waals surface area (Å²) < 4.78 is 12.7. The summed E-state index contributed by atoms with van der Waals surface area (Å²) in [7, 11) is 1.38. The van der Waals surface area contributed by atoms with Crippen LogP contribution in [0.1, 0.15) is 41.9 Å². The maximum atomic E-state index is 12.4. The summed E-state index contributed by atoms with van der Waals surface area (Å²) in [6.45, 7) is 6.10. The molecule has 1 aliphatic heterocycles. The number of anilines is 1. The predicted molar refractivity (Wildman–Crippen MR) is 130 cm³/mol. The molecular formula is C25H27N7O3. The molecule has 10 heteroatoms. The van der Waals surface area contributed by atoms with E-state index in [-0.39, 0.29) is 6.04 Å². The molecule has 180 valence electrons. The van der Waals surface area contributed by atoms with Crippen LogP contribution in [-0.2, 0) is 9.47 Å². The van der Waals surface area contributed by atoms with E-state index in [1.807, 2.05) is 29.9 Å². The van der Waals surface area contributed by atoms with Crippen molar-refractivity contribution in [3.63, 3.8) is 0 Å². The van der Waals surface area contributed by atoms with Gasteiger partial charge in [0.05, 0.1) is 49.4 Å². The Kier molecular flexibility index (Phi) is 5.25. The van der Waals surface area contributed by atoms with Gasteiger partial charge in [-0.2, -0.15) is 0 Å². The zero-order chi connectivity index (χ0) is 24.1. The van der Waals surface area contributed by atoms with Crippen molar-refractivity contribution in [2.75, 3.05) is 31.8 Å². The summed E-state index contributed by atoms with van der Waals surface area (Å²) in [6, 6.07) is 8.11. The molecule has 0 unspecified atom stereocenters. The Hall–Kier alpha value is -3.79. The first-order chi connectivity index (χ1) is 17.0. The molecule has 0 amide bonds. The minimum absolute atomic E-state index is 0.167. The lowest BCUT2D eigenvalue weighted by Crippen LogP contribution is -2.44. The maximum absolute atomic E-state index is 12.4. The molecular weight excluding hydrogens is 446 g/mol. The van der Waals surface area contributed by atoms with E-state index < -0.39 is 5.97 Å². The first-order valence-electron chi connectivity index (χ1n) is 11.9. The fraction of sp³-hybridized carbons (Fsp3) is 0.400. The molecule has 0 radical (unpaired) electrons. The first-order valence-corrected chi connectivity index (χ1v) is 11.9. The molecule has 2 fully saturated rings. The fourth-order valence-corrected chi connectivity index (χ4v) is 4.73. The van der Waals surface area contributed by atoms with Gasteiger partial charge in [0.1, 0.15) is 11.5 Å². The Morgan fingerprint density at radius 1 is 1.23 bits per heavy atom. The molecule has 1 N–H and O–H groups in total. The number of H-pyrrole nitrogens is 1. The number of aromatic nitrogens is 6. The van der Waals surface area contributed by atoms with Gasteiger partial charge in [-0.25, -0.2) is 19.4 Å². The van der Waals surface area contributed by atoms with Gasteiger partial charge in [-0.1, -0.05) is 5.21 Å². The molecule has 4 heterocycles. The van der Waals surface area contributed by atoms with Crippen molar-refractivity contribution in [1.82, 2.24) is 29.9 Å². The van der Waals surface area contributed by atoms with E-state index in [2.05, 4.69) is 27.1 Å². The van der Waals surface area contributed by atoms with Gasteiger partial charge >= 0.3 is 5.97 Å². The number of carbonyl (C=O) groups excluding carboxylic acids is 1. The minimum Gasteiger partial charge on any atom is -0.465 e. The summed E-state index contributed by atoms with van der Waals surface area (Å²) in [5, 5.41) is 9.70. The Morgan fingerprint density at radius 2 is 2.09 bits per heavy atom. The second-order valence-electron chi connectivity index (χ2n) is 9.21. The summed E-state index contributed by atoms with van der Waals surface area (Å²) >= 11 is 0. The Balaban J connectivity index is 1.58. The number of hydrogen-bond donors (Lipinski definition) is 1. The summed E-state index contributed by atoms with van der Waals surface area (Å²) in [5.41, 5.74) is 4.53. The molecule has 1 aliphatic carbocycles. The van der Waals surface area contributed by atoms with Crippen LogP contribution >= 0.6 is 0 Å². The van der Waals surface area contributed by atoms with Crippen LogP contribution in [0, 0.1) is 6.92 Å². The van der Waals surface area contributed by atoms with Crippen molar-refractivity contribution < 1.29 is 14.3 Å². The van der Waals surface area contributed by atoms with Crippen molar-refractivity contribution in [2.24, 2.45) is 0 Å². The number of ether oxygens (including phenoxy) is 2. The molecule has 1 aromatic carbocycles. The number of rotatable bonds is 5. The van der Waals surface area contributed by atoms with Crippen molar-refractivity contribution in [3.8, 4) is 22.8 Å². The quantitative estimate of drug-likeness (QED) is 0.438. The molecule has 10 nitrogen and oxygen atoms in total. The summed E-state index contributed by atoms with van der Waals surface area (Å²) in [6.07, 6.45) is 4.03. The number of morpholine rings is 1. The van der Waals surface area contributed by atoms with Gasteiger partial charge < -0.3 is 19.4 Å².